The Balaban J connectivity index is 1.87. The fourth-order valence-corrected chi connectivity index (χ4v) is 2.18. The van der Waals surface area contributed by atoms with Gasteiger partial charge in [0.1, 0.15) is 0 Å². The molecule has 1 aliphatic carbocycles. The average molecular weight is 315 g/mol. The molecule has 1 aliphatic rings. The second-order valence-electron chi connectivity index (χ2n) is 7.93. The first-order chi connectivity index (χ1) is 10.3. The highest BCUT2D eigenvalue weighted by Gasteiger charge is 2.30. The highest BCUT2D eigenvalue weighted by atomic mass is 16.5. The van der Waals surface area contributed by atoms with Crippen LogP contribution < -0.4 is 5.32 Å². The molecule has 1 rings (SSSR count). The van der Waals surface area contributed by atoms with E-state index in [2.05, 4.69) is 46.9 Å². The summed E-state index contributed by atoms with van der Waals surface area (Å²) >= 11 is 0. The van der Waals surface area contributed by atoms with Gasteiger partial charge in [0.05, 0.1) is 32.0 Å². The van der Waals surface area contributed by atoms with Crippen LogP contribution in [0.5, 0.6) is 0 Å². The molecule has 132 valence electrons. The Morgan fingerprint density at radius 3 is 2.09 bits per heavy atom. The Morgan fingerprint density at radius 1 is 0.955 bits per heavy atom. The third-order valence-electron chi connectivity index (χ3n) is 4.26. The summed E-state index contributed by atoms with van der Waals surface area (Å²) in [5.74, 6) is 1.29. The molecule has 0 amide bonds. The molecule has 0 aromatic carbocycles. The summed E-state index contributed by atoms with van der Waals surface area (Å²) < 4.78 is 17.3. The smallest absolute Gasteiger partial charge is 0.0704 e. The molecule has 0 aliphatic heterocycles. The fourth-order valence-electron chi connectivity index (χ4n) is 2.18. The lowest BCUT2D eigenvalue weighted by molar-refractivity contribution is -0.110. The van der Waals surface area contributed by atoms with E-state index in [1.807, 2.05) is 0 Å². The predicted molar refractivity (Wildman–Crippen MR) is 91.3 cm³/mol. The number of ether oxygens (including phenoxy) is 3. The molecule has 1 atom stereocenters. The minimum atomic E-state index is 0.168. The van der Waals surface area contributed by atoms with E-state index in [1.165, 1.54) is 0 Å². The van der Waals surface area contributed by atoms with Crippen LogP contribution in [0.4, 0.5) is 0 Å². The van der Waals surface area contributed by atoms with Gasteiger partial charge < -0.3 is 19.5 Å². The highest BCUT2D eigenvalue weighted by molar-refractivity contribution is 4.81. The maximum atomic E-state index is 5.82. The molecule has 1 saturated carbocycles. The number of hydrogen-bond donors (Lipinski definition) is 1. The van der Waals surface area contributed by atoms with E-state index < -0.39 is 0 Å². The minimum Gasteiger partial charge on any atom is -0.379 e. The van der Waals surface area contributed by atoms with Gasteiger partial charge in [-0.3, -0.25) is 0 Å². The second-order valence-corrected chi connectivity index (χ2v) is 7.93. The molecule has 4 heteroatoms. The molecule has 0 unspecified atom stereocenters. The van der Waals surface area contributed by atoms with Gasteiger partial charge in [-0.2, -0.15) is 0 Å². The molecule has 22 heavy (non-hydrogen) atoms. The fraction of sp³-hybridized carbons (Fsp3) is 1.00. The Labute approximate surface area is 137 Å². The summed E-state index contributed by atoms with van der Waals surface area (Å²) in [7, 11) is 0. The van der Waals surface area contributed by atoms with Crippen LogP contribution in [0.1, 0.15) is 54.4 Å². The zero-order valence-electron chi connectivity index (χ0n) is 15.5. The van der Waals surface area contributed by atoms with E-state index in [4.69, 9.17) is 14.2 Å². The van der Waals surface area contributed by atoms with Gasteiger partial charge in [0, 0.05) is 18.7 Å². The van der Waals surface area contributed by atoms with E-state index >= 15 is 0 Å². The third kappa shape index (κ3) is 9.09. The van der Waals surface area contributed by atoms with E-state index in [0.29, 0.717) is 37.3 Å². The quantitative estimate of drug-likeness (QED) is 0.594. The summed E-state index contributed by atoms with van der Waals surface area (Å²) in [6, 6.07) is 0. The topological polar surface area (TPSA) is 39.7 Å². The largest absolute Gasteiger partial charge is 0.379 e. The van der Waals surface area contributed by atoms with Gasteiger partial charge in [0.25, 0.3) is 0 Å². The Morgan fingerprint density at radius 2 is 1.55 bits per heavy atom. The average Bonchev–Trinajstić information content (AvgIpc) is 2.36. The van der Waals surface area contributed by atoms with Gasteiger partial charge >= 0.3 is 0 Å². The first kappa shape index (κ1) is 19.9. The highest BCUT2D eigenvalue weighted by Crippen LogP contribution is 2.26. The van der Waals surface area contributed by atoms with E-state index in [-0.39, 0.29) is 5.54 Å². The Bertz CT molecular complexity index is 283. The van der Waals surface area contributed by atoms with Crippen molar-refractivity contribution in [2.75, 3.05) is 33.0 Å². The summed E-state index contributed by atoms with van der Waals surface area (Å²) in [6.07, 6.45) is 2.80. The van der Waals surface area contributed by atoms with Gasteiger partial charge in [0.15, 0.2) is 0 Å². The molecule has 0 spiro atoms. The van der Waals surface area contributed by atoms with Gasteiger partial charge in [-0.15, -0.1) is 0 Å². The van der Waals surface area contributed by atoms with Crippen molar-refractivity contribution in [2.45, 2.75) is 72.1 Å². The van der Waals surface area contributed by atoms with Crippen molar-refractivity contribution < 1.29 is 14.2 Å². The number of hydrogen-bond acceptors (Lipinski definition) is 4. The second kappa shape index (κ2) is 9.86. The molecule has 1 N–H and O–H groups in total. The molecule has 0 heterocycles. The normalized spacial score (nSPS) is 23.6. The van der Waals surface area contributed by atoms with Gasteiger partial charge in [-0.05, 0) is 45.4 Å². The SMILES string of the molecule is CC(C)[C@H](C)COCCOC1CC(OCCNC(C)(C)C)C1. The van der Waals surface area contributed by atoms with Crippen molar-refractivity contribution in [2.24, 2.45) is 11.8 Å². The maximum Gasteiger partial charge on any atom is 0.0704 e. The van der Waals surface area contributed by atoms with Crippen molar-refractivity contribution in [3.8, 4) is 0 Å². The lowest BCUT2D eigenvalue weighted by Crippen LogP contribution is -2.41. The van der Waals surface area contributed by atoms with Crippen LogP contribution in [-0.2, 0) is 14.2 Å². The van der Waals surface area contributed by atoms with Crippen molar-refractivity contribution in [3.05, 3.63) is 0 Å². The Kier molecular flexibility index (Phi) is 8.91. The zero-order valence-corrected chi connectivity index (χ0v) is 15.5. The van der Waals surface area contributed by atoms with Crippen LogP contribution in [0.25, 0.3) is 0 Å². The van der Waals surface area contributed by atoms with Crippen LogP contribution in [0.3, 0.4) is 0 Å². The molecule has 0 bridgehead atoms. The van der Waals surface area contributed by atoms with E-state index in [9.17, 15) is 0 Å². The predicted octanol–water partition coefficient (Wildman–Crippen LogP) is 3.25. The van der Waals surface area contributed by atoms with Crippen molar-refractivity contribution in [1.29, 1.82) is 0 Å². The standard InChI is InChI=1S/C18H37NO3/c1-14(2)15(3)13-20-9-10-22-17-11-16(12-17)21-8-7-19-18(4,5)6/h14-17,19H,7-13H2,1-6H3/t15-,16?,17?/m1/s1. The summed E-state index contributed by atoms with van der Waals surface area (Å²) in [6.45, 7) is 17.1. The number of nitrogens with one attached hydrogen (secondary N) is 1. The van der Waals surface area contributed by atoms with Gasteiger partial charge in [0.2, 0.25) is 0 Å². The lowest BCUT2D eigenvalue weighted by Gasteiger charge is -2.35. The first-order valence-electron chi connectivity index (χ1n) is 8.84. The van der Waals surface area contributed by atoms with Crippen molar-refractivity contribution in [1.82, 2.24) is 5.32 Å². The monoisotopic (exact) mass is 315 g/mol. The minimum absolute atomic E-state index is 0.168. The third-order valence-corrected chi connectivity index (χ3v) is 4.26. The van der Waals surface area contributed by atoms with Gasteiger partial charge in [-0.1, -0.05) is 20.8 Å². The lowest BCUT2D eigenvalue weighted by atomic mass is 9.92. The van der Waals surface area contributed by atoms with Gasteiger partial charge in [-0.25, -0.2) is 0 Å². The summed E-state index contributed by atoms with van der Waals surface area (Å²) in [5.41, 5.74) is 0.168. The van der Waals surface area contributed by atoms with Crippen molar-refractivity contribution >= 4 is 0 Å². The molecule has 0 aromatic rings. The number of rotatable bonds is 11. The summed E-state index contributed by atoms with van der Waals surface area (Å²) in [5, 5.41) is 3.43. The molecule has 0 radical (unpaired) electrons. The zero-order chi connectivity index (χ0) is 16.6. The Hall–Kier alpha value is -0.160. The van der Waals surface area contributed by atoms with E-state index in [1.54, 1.807) is 0 Å². The molecule has 4 nitrogen and oxygen atoms in total. The van der Waals surface area contributed by atoms with Crippen LogP contribution >= 0.6 is 0 Å². The molecule has 0 saturated heterocycles. The first-order valence-corrected chi connectivity index (χ1v) is 8.84. The van der Waals surface area contributed by atoms with Crippen LogP contribution in [-0.4, -0.2) is 50.7 Å². The molecule has 1 fully saturated rings. The summed E-state index contributed by atoms with van der Waals surface area (Å²) in [4.78, 5) is 0. The van der Waals surface area contributed by atoms with E-state index in [0.717, 1.165) is 32.6 Å². The molecular formula is C18H37NO3. The molecular weight excluding hydrogens is 278 g/mol. The molecule has 0 aromatic heterocycles. The maximum absolute atomic E-state index is 5.82. The van der Waals surface area contributed by atoms with Crippen molar-refractivity contribution in [3.63, 3.8) is 0 Å². The van der Waals surface area contributed by atoms with Crippen LogP contribution in [0, 0.1) is 11.8 Å². The van der Waals surface area contributed by atoms with Crippen LogP contribution in [0.15, 0.2) is 0 Å². The van der Waals surface area contributed by atoms with Crippen LogP contribution in [0.2, 0.25) is 0 Å².